The maximum Gasteiger partial charge on any atom is 0.118 e. The number of phenols is 2. The van der Waals surface area contributed by atoms with Crippen LogP contribution in [0.4, 0.5) is 0 Å². The van der Waals surface area contributed by atoms with Crippen LogP contribution in [-0.2, 0) is 0 Å². The van der Waals surface area contributed by atoms with Gasteiger partial charge in [-0.3, -0.25) is 0 Å². The van der Waals surface area contributed by atoms with Crippen molar-refractivity contribution < 1.29 is 15.3 Å². The molecule has 0 spiro atoms. The van der Waals surface area contributed by atoms with Gasteiger partial charge in [0, 0.05) is 5.92 Å². The predicted molar refractivity (Wildman–Crippen MR) is 97.5 cm³/mol. The molecular weight excluding hydrogens is 300 g/mol. The summed E-state index contributed by atoms with van der Waals surface area (Å²) in [5, 5.41) is 28.7. The lowest BCUT2D eigenvalue weighted by molar-refractivity contribution is 0.435. The first-order valence-electron chi connectivity index (χ1n) is 7.73. The summed E-state index contributed by atoms with van der Waals surface area (Å²) in [7, 11) is 0. The van der Waals surface area contributed by atoms with Crippen molar-refractivity contribution in [2.45, 2.75) is 19.8 Å². The molecule has 0 amide bonds. The first-order chi connectivity index (χ1) is 11.4. The molecular formula is C21H22O3. The van der Waals surface area contributed by atoms with Gasteiger partial charge in [0.05, 0.1) is 0 Å². The zero-order valence-corrected chi connectivity index (χ0v) is 13.9. The van der Waals surface area contributed by atoms with Crippen LogP contribution in [0, 0.1) is 6.92 Å². The van der Waals surface area contributed by atoms with Gasteiger partial charge in [0.25, 0.3) is 0 Å². The predicted octanol–water partition coefficient (Wildman–Crippen LogP) is 5.11. The van der Waals surface area contributed by atoms with Crippen molar-refractivity contribution in [2.75, 3.05) is 0 Å². The van der Waals surface area contributed by atoms with Gasteiger partial charge in [0.15, 0.2) is 0 Å². The lowest BCUT2D eigenvalue weighted by Gasteiger charge is -2.20. The maximum absolute atomic E-state index is 9.80. The Hall–Kier alpha value is -2.94. The molecule has 0 aliphatic carbocycles. The zero-order valence-electron chi connectivity index (χ0n) is 13.9. The molecule has 0 fully saturated rings. The summed E-state index contributed by atoms with van der Waals surface area (Å²) in [6, 6.07) is 12.5. The summed E-state index contributed by atoms with van der Waals surface area (Å²) in [5.74, 6) is 0.358. The number of phenolic OH excluding ortho intramolecular Hbond substituents is 2. The molecule has 0 saturated carbocycles. The largest absolute Gasteiger partial charge is 0.509 e. The average Bonchev–Trinajstić information content (AvgIpc) is 2.55. The summed E-state index contributed by atoms with van der Waals surface area (Å²) in [4.78, 5) is 0. The highest BCUT2D eigenvalue weighted by Crippen LogP contribution is 2.35. The number of aliphatic hydroxyl groups is 1. The van der Waals surface area contributed by atoms with E-state index in [0.717, 1.165) is 22.3 Å². The maximum atomic E-state index is 9.80. The Morgan fingerprint density at radius 3 is 2.17 bits per heavy atom. The first-order valence-corrected chi connectivity index (χ1v) is 7.73. The quantitative estimate of drug-likeness (QED) is 0.529. The number of allylic oxidation sites excluding steroid dienone is 4. The van der Waals surface area contributed by atoms with E-state index in [4.69, 9.17) is 0 Å². The lowest BCUT2D eigenvalue weighted by atomic mass is 9.83. The lowest BCUT2D eigenvalue weighted by Crippen LogP contribution is -2.04. The van der Waals surface area contributed by atoms with Gasteiger partial charge in [-0.05, 0) is 60.4 Å². The monoisotopic (exact) mass is 322 g/mol. The molecule has 2 aromatic carbocycles. The summed E-state index contributed by atoms with van der Waals surface area (Å²) in [6.07, 6.45) is 5.34. The van der Waals surface area contributed by atoms with Crippen LogP contribution >= 0.6 is 0 Å². The Kier molecular flexibility index (Phi) is 5.48. The highest BCUT2D eigenvalue weighted by atomic mass is 16.3. The smallest absolute Gasteiger partial charge is 0.118 e. The van der Waals surface area contributed by atoms with Crippen molar-refractivity contribution in [3.63, 3.8) is 0 Å². The van der Waals surface area contributed by atoms with Crippen molar-refractivity contribution in [2.24, 2.45) is 0 Å². The van der Waals surface area contributed by atoms with Crippen molar-refractivity contribution >= 4 is 0 Å². The van der Waals surface area contributed by atoms with Gasteiger partial charge in [-0.25, -0.2) is 0 Å². The molecule has 1 atom stereocenters. The van der Waals surface area contributed by atoms with Crippen LogP contribution in [0.2, 0.25) is 0 Å². The molecule has 0 saturated heterocycles. The molecule has 0 aliphatic rings. The molecule has 1 unspecified atom stereocenters. The van der Waals surface area contributed by atoms with Crippen molar-refractivity contribution in [3.8, 4) is 11.5 Å². The third kappa shape index (κ3) is 4.07. The Balaban J connectivity index is 2.57. The molecule has 2 aromatic rings. The van der Waals surface area contributed by atoms with Crippen LogP contribution in [-0.4, -0.2) is 15.3 Å². The number of rotatable bonds is 5. The molecule has 2 rings (SSSR count). The number of aliphatic hydroxyl groups excluding tert-OH is 1. The van der Waals surface area contributed by atoms with Gasteiger partial charge < -0.3 is 15.3 Å². The fraction of sp³-hybridized carbons (Fsp3) is 0.143. The van der Waals surface area contributed by atoms with Crippen LogP contribution < -0.4 is 0 Å². The van der Waals surface area contributed by atoms with E-state index in [2.05, 4.69) is 6.58 Å². The van der Waals surface area contributed by atoms with Crippen LogP contribution in [0.15, 0.2) is 78.6 Å². The Bertz CT molecular complexity index is 783. The zero-order chi connectivity index (χ0) is 17.7. The van der Waals surface area contributed by atoms with Crippen LogP contribution in [0.25, 0.3) is 0 Å². The van der Waals surface area contributed by atoms with Crippen LogP contribution in [0.5, 0.6) is 11.5 Å². The summed E-state index contributed by atoms with van der Waals surface area (Å²) in [5.41, 5.74) is 3.78. The molecule has 0 bridgehead atoms. The summed E-state index contributed by atoms with van der Waals surface area (Å²) < 4.78 is 0. The third-order valence-corrected chi connectivity index (χ3v) is 3.92. The molecule has 0 heterocycles. The second-order valence-electron chi connectivity index (χ2n) is 5.68. The number of aryl methyl sites for hydroxylation is 1. The molecule has 3 nitrogen and oxygen atoms in total. The molecule has 0 aromatic heterocycles. The van der Waals surface area contributed by atoms with E-state index in [9.17, 15) is 15.3 Å². The highest BCUT2D eigenvalue weighted by molar-refractivity contribution is 5.49. The molecule has 24 heavy (non-hydrogen) atoms. The Labute approximate surface area is 142 Å². The van der Waals surface area contributed by atoms with E-state index in [1.54, 1.807) is 24.3 Å². The highest BCUT2D eigenvalue weighted by Gasteiger charge is 2.18. The van der Waals surface area contributed by atoms with E-state index in [1.165, 1.54) is 0 Å². The van der Waals surface area contributed by atoms with E-state index < -0.39 is 0 Å². The van der Waals surface area contributed by atoms with Gasteiger partial charge in [-0.15, -0.1) is 0 Å². The van der Waals surface area contributed by atoms with Crippen LogP contribution in [0.1, 0.15) is 29.5 Å². The minimum Gasteiger partial charge on any atom is -0.509 e. The van der Waals surface area contributed by atoms with E-state index in [0.29, 0.717) is 0 Å². The molecule has 0 radical (unpaired) electrons. The first kappa shape index (κ1) is 17.4. The number of benzene rings is 2. The SMILES string of the molecule is C=C(O)/C=C\C(=C/C)C(c1ccc(O)cc1)c1ccc(O)c(C)c1. The van der Waals surface area contributed by atoms with Gasteiger partial charge in [-0.2, -0.15) is 0 Å². The fourth-order valence-corrected chi connectivity index (χ4v) is 2.65. The van der Waals surface area contributed by atoms with Gasteiger partial charge in [0.2, 0.25) is 0 Å². The summed E-state index contributed by atoms with van der Waals surface area (Å²) in [6.45, 7) is 7.26. The average molecular weight is 322 g/mol. The van der Waals surface area contributed by atoms with Crippen LogP contribution in [0.3, 0.4) is 0 Å². The minimum atomic E-state index is -0.0921. The van der Waals surface area contributed by atoms with Gasteiger partial charge >= 0.3 is 0 Å². The molecule has 3 heteroatoms. The van der Waals surface area contributed by atoms with E-state index in [-0.39, 0.29) is 23.2 Å². The second kappa shape index (κ2) is 7.55. The minimum absolute atomic E-state index is 0.0132. The van der Waals surface area contributed by atoms with Gasteiger partial charge in [-0.1, -0.05) is 43.0 Å². The molecule has 0 aliphatic heterocycles. The third-order valence-electron chi connectivity index (χ3n) is 3.92. The number of hydrogen-bond acceptors (Lipinski definition) is 3. The molecule has 3 N–H and O–H groups in total. The summed E-state index contributed by atoms with van der Waals surface area (Å²) >= 11 is 0. The van der Waals surface area contributed by atoms with Crippen molar-refractivity contribution in [3.05, 3.63) is 95.3 Å². The standard InChI is InChI=1S/C21H22O3/c1-4-16(6-5-15(3)22)21(17-7-10-19(23)11-8-17)18-9-12-20(24)14(2)13-18/h4-13,21-24H,3H2,1-2H3/b6-5-,16-4+. The normalized spacial score (nSPS) is 13.2. The van der Waals surface area contributed by atoms with E-state index >= 15 is 0 Å². The van der Waals surface area contributed by atoms with Gasteiger partial charge in [0.1, 0.15) is 17.3 Å². The Morgan fingerprint density at radius 1 is 1.00 bits per heavy atom. The topological polar surface area (TPSA) is 60.7 Å². The van der Waals surface area contributed by atoms with E-state index in [1.807, 2.05) is 50.3 Å². The second-order valence-corrected chi connectivity index (χ2v) is 5.68. The molecule has 124 valence electrons. The number of hydrogen-bond donors (Lipinski definition) is 3. The van der Waals surface area contributed by atoms with Crippen molar-refractivity contribution in [1.29, 1.82) is 0 Å². The fourth-order valence-electron chi connectivity index (χ4n) is 2.65. The number of aromatic hydroxyl groups is 2. The Morgan fingerprint density at radius 2 is 1.62 bits per heavy atom. The van der Waals surface area contributed by atoms with Crippen molar-refractivity contribution in [1.82, 2.24) is 0 Å².